The number of aliphatic hydroxyl groups is 3. The highest BCUT2D eigenvalue weighted by Crippen LogP contribution is 2.38. The fraction of sp³-hybridized carbons (Fsp3) is 0.857. The molecule has 0 aromatic carbocycles. The predicted octanol–water partition coefficient (Wildman–Crippen LogP) is 2.11. The Balaban J connectivity index is 5.05. The van der Waals surface area contributed by atoms with Gasteiger partial charge in [0, 0.05) is 10.8 Å². The maximum atomic E-state index is 10.5. The maximum Gasteiger partial charge on any atom is 0.0725 e. The molecule has 0 aliphatic rings. The van der Waals surface area contributed by atoms with Crippen LogP contribution in [0.5, 0.6) is 0 Å². The lowest BCUT2D eigenvalue weighted by molar-refractivity contribution is -0.0827. The summed E-state index contributed by atoms with van der Waals surface area (Å²) in [5.41, 5.74) is -1.26. The minimum absolute atomic E-state index is 0.0719. The van der Waals surface area contributed by atoms with E-state index in [1.54, 1.807) is 0 Å². The van der Waals surface area contributed by atoms with E-state index in [-0.39, 0.29) is 13.2 Å². The molecule has 0 aromatic heterocycles. The van der Waals surface area contributed by atoms with E-state index in [0.29, 0.717) is 0 Å². The lowest BCUT2D eigenvalue weighted by Crippen LogP contribution is -2.47. The van der Waals surface area contributed by atoms with Gasteiger partial charge in [-0.3, -0.25) is 0 Å². The van der Waals surface area contributed by atoms with Gasteiger partial charge in [-0.1, -0.05) is 46.3 Å². The van der Waals surface area contributed by atoms with Crippen LogP contribution in [0.2, 0.25) is 0 Å². The van der Waals surface area contributed by atoms with Crippen molar-refractivity contribution in [1.29, 1.82) is 0 Å². The third-order valence-electron chi connectivity index (χ3n) is 3.54. The summed E-state index contributed by atoms with van der Waals surface area (Å²) >= 11 is 0. The minimum Gasteiger partial charge on any atom is -0.396 e. The van der Waals surface area contributed by atoms with Gasteiger partial charge in [0.25, 0.3) is 0 Å². The van der Waals surface area contributed by atoms with Crippen LogP contribution in [0.4, 0.5) is 0 Å². The molecule has 3 unspecified atom stereocenters. The van der Waals surface area contributed by atoms with Gasteiger partial charge in [-0.15, -0.1) is 0 Å². The second kappa shape index (κ2) is 7.14. The molecule has 0 aromatic rings. The summed E-state index contributed by atoms with van der Waals surface area (Å²) in [6.07, 6.45) is 5.55. The van der Waals surface area contributed by atoms with Gasteiger partial charge >= 0.3 is 0 Å². The van der Waals surface area contributed by atoms with Gasteiger partial charge in [-0.05, 0) is 12.8 Å². The lowest BCUT2D eigenvalue weighted by Gasteiger charge is -2.42. The standard InChI is InChI=1S/C14H28O3/c1-5-7-9-14(4,11-16)12(17)13(3,10-15)8-6-2/h7,9,12,15-17H,5-6,8,10-11H2,1-4H3. The maximum absolute atomic E-state index is 10.5. The monoisotopic (exact) mass is 244 g/mol. The quantitative estimate of drug-likeness (QED) is 0.573. The molecule has 0 amide bonds. The van der Waals surface area contributed by atoms with Crippen LogP contribution in [-0.4, -0.2) is 34.6 Å². The topological polar surface area (TPSA) is 60.7 Å². The highest BCUT2D eigenvalue weighted by Gasteiger charge is 2.42. The normalized spacial score (nSPS) is 21.1. The Labute approximate surface area is 105 Å². The Bertz CT molecular complexity index is 240. The van der Waals surface area contributed by atoms with Crippen molar-refractivity contribution in [3.05, 3.63) is 12.2 Å². The molecule has 0 aliphatic carbocycles. The second-order valence-electron chi connectivity index (χ2n) is 5.44. The zero-order valence-electron chi connectivity index (χ0n) is 11.6. The molecule has 102 valence electrons. The van der Waals surface area contributed by atoms with E-state index in [0.717, 1.165) is 19.3 Å². The molecule has 0 spiro atoms. The Hall–Kier alpha value is -0.380. The first-order chi connectivity index (χ1) is 7.90. The molecule has 0 saturated heterocycles. The molecule has 3 atom stereocenters. The molecule has 3 heteroatoms. The molecule has 3 nitrogen and oxygen atoms in total. The zero-order chi connectivity index (χ0) is 13.5. The largest absolute Gasteiger partial charge is 0.396 e. The first kappa shape index (κ1) is 16.6. The van der Waals surface area contributed by atoms with Crippen LogP contribution in [0, 0.1) is 10.8 Å². The van der Waals surface area contributed by atoms with E-state index in [1.807, 2.05) is 39.8 Å². The molecule has 0 bridgehead atoms. The summed E-state index contributed by atoms with van der Waals surface area (Å²) in [5, 5.41) is 29.5. The molecular formula is C14H28O3. The van der Waals surface area contributed by atoms with Crippen LogP contribution in [0.25, 0.3) is 0 Å². The fourth-order valence-electron chi connectivity index (χ4n) is 2.29. The van der Waals surface area contributed by atoms with Crippen molar-refractivity contribution in [3.63, 3.8) is 0 Å². The second-order valence-corrected chi connectivity index (χ2v) is 5.44. The van der Waals surface area contributed by atoms with Crippen LogP contribution in [0.1, 0.15) is 47.0 Å². The summed E-state index contributed by atoms with van der Waals surface area (Å²) in [7, 11) is 0. The van der Waals surface area contributed by atoms with Gasteiger partial charge in [-0.2, -0.15) is 0 Å². The van der Waals surface area contributed by atoms with E-state index in [9.17, 15) is 15.3 Å². The number of aliphatic hydroxyl groups excluding tert-OH is 3. The van der Waals surface area contributed by atoms with Gasteiger partial charge in [0.1, 0.15) is 0 Å². The van der Waals surface area contributed by atoms with Crippen LogP contribution in [-0.2, 0) is 0 Å². The van der Waals surface area contributed by atoms with E-state index in [1.165, 1.54) is 0 Å². The van der Waals surface area contributed by atoms with E-state index < -0.39 is 16.9 Å². The summed E-state index contributed by atoms with van der Waals surface area (Å²) < 4.78 is 0. The summed E-state index contributed by atoms with van der Waals surface area (Å²) in [6.45, 7) is 7.54. The fourth-order valence-corrected chi connectivity index (χ4v) is 2.29. The first-order valence-corrected chi connectivity index (χ1v) is 6.47. The zero-order valence-corrected chi connectivity index (χ0v) is 11.6. The lowest BCUT2D eigenvalue weighted by atomic mass is 9.68. The Morgan fingerprint density at radius 3 is 2.06 bits per heavy atom. The number of allylic oxidation sites excluding steroid dienone is 1. The summed E-state index contributed by atoms with van der Waals surface area (Å²) in [6, 6.07) is 0. The average molecular weight is 244 g/mol. The molecule has 0 rings (SSSR count). The van der Waals surface area contributed by atoms with Crippen LogP contribution >= 0.6 is 0 Å². The van der Waals surface area contributed by atoms with E-state index >= 15 is 0 Å². The molecule has 0 heterocycles. The van der Waals surface area contributed by atoms with Gasteiger partial charge in [0.2, 0.25) is 0 Å². The molecule has 3 N–H and O–H groups in total. The van der Waals surface area contributed by atoms with E-state index in [2.05, 4.69) is 0 Å². The van der Waals surface area contributed by atoms with Crippen molar-refractivity contribution < 1.29 is 15.3 Å². The molecule has 0 saturated carbocycles. The highest BCUT2D eigenvalue weighted by atomic mass is 16.3. The number of rotatable bonds is 8. The smallest absolute Gasteiger partial charge is 0.0725 e. The third kappa shape index (κ3) is 4.09. The van der Waals surface area contributed by atoms with Crippen molar-refractivity contribution in [1.82, 2.24) is 0 Å². The summed E-state index contributed by atoms with van der Waals surface area (Å²) in [5.74, 6) is 0. The van der Waals surface area contributed by atoms with Crippen molar-refractivity contribution >= 4 is 0 Å². The number of hydrogen-bond acceptors (Lipinski definition) is 3. The molecular weight excluding hydrogens is 216 g/mol. The molecule has 0 aliphatic heterocycles. The van der Waals surface area contributed by atoms with Crippen LogP contribution in [0.3, 0.4) is 0 Å². The van der Waals surface area contributed by atoms with Crippen molar-refractivity contribution in [2.45, 2.75) is 53.1 Å². The Morgan fingerprint density at radius 1 is 1.12 bits per heavy atom. The highest BCUT2D eigenvalue weighted by molar-refractivity contribution is 5.05. The van der Waals surface area contributed by atoms with Crippen LogP contribution in [0.15, 0.2) is 12.2 Å². The third-order valence-corrected chi connectivity index (χ3v) is 3.54. The minimum atomic E-state index is -0.757. The van der Waals surface area contributed by atoms with Crippen molar-refractivity contribution in [2.24, 2.45) is 10.8 Å². The van der Waals surface area contributed by atoms with E-state index in [4.69, 9.17) is 0 Å². The van der Waals surface area contributed by atoms with Gasteiger partial charge in [-0.25, -0.2) is 0 Å². The summed E-state index contributed by atoms with van der Waals surface area (Å²) in [4.78, 5) is 0. The molecule has 0 radical (unpaired) electrons. The average Bonchev–Trinajstić information content (AvgIpc) is 2.35. The van der Waals surface area contributed by atoms with Gasteiger partial charge in [0.15, 0.2) is 0 Å². The van der Waals surface area contributed by atoms with Crippen molar-refractivity contribution in [3.8, 4) is 0 Å². The first-order valence-electron chi connectivity index (χ1n) is 6.47. The Kier molecular flexibility index (Phi) is 6.98. The Morgan fingerprint density at radius 2 is 1.71 bits per heavy atom. The van der Waals surface area contributed by atoms with Crippen LogP contribution < -0.4 is 0 Å². The molecule has 0 fully saturated rings. The number of hydrogen-bond donors (Lipinski definition) is 3. The predicted molar refractivity (Wildman–Crippen MR) is 70.7 cm³/mol. The van der Waals surface area contributed by atoms with Gasteiger partial charge in [0.05, 0.1) is 19.3 Å². The van der Waals surface area contributed by atoms with Gasteiger partial charge < -0.3 is 15.3 Å². The molecule has 17 heavy (non-hydrogen) atoms. The van der Waals surface area contributed by atoms with Crippen molar-refractivity contribution in [2.75, 3.05) is 13.2 Å². The SMILES string of the molecule is CCC=CC(C)(CO)C(O)C(C)(CO)CCC.